The Morgan fingerprint density at radius 1 is 1.20 bits per heavy atom. The largest absolute Gasteiger partial charge is 0.444 e. The van der Waals surface area contributed by atoms with E-state index in [0.717, 1.165) is 0 Å². The molecule has 2 fully saturated rings. The average molecular weight is 370 g/mol. The zero-order chi connectivity index (χ0) is 19.2. The van der Waals surface area contributed by atoms with Crippen molar-refractivity contribution in [2.24, 2.45) is 0 Å². The number of nitrogens with one attached hydrogen (secondary N) is 1. The van der Waals surface area contributed by atoms with Crippen LogP contribution in [0.4, 0.5) is 9.59 Å². The average Bonchev–Trinajstić information content (AvgIpc) is 2.67. The zero-order valence-electron chi connectivity index (χ0n) is 16.4. The lowest BCUT2D eigenvalue weighted by Gasteiger charge is -2.38. The number of hydrogen-bond acceptors (Lipinski definition) is 4. The molecule has 1 unspecified atom stereocenters. The van der Waals surface area contributed by atoms with Gasteiger partial charge in [0.25, 0.3) is 5.91 Å². The summed E-state index contributed by atoms with van der Waals surface area (Å²) in [6.07, 6.45) is 0.476. The van der Waals surface area contributed by atoms with E-state index in [1.807, 2.05) is 27.7 Å². The Hall–Kier alpha value is -1.57. The van der Waals surface area contributed by atoms with Crippen molar-refractivity contribution >= 4 is 26.1 Å². The van der Waals surface area contributed by atoms with Crippen molar-refractivity contribution in [3.63, 3.8) is 0 Å². The van der Waals surface area contributed by atoms with Gasteiger partial charge in [-0.25, -0.2) is 9.59 Å². The Bertz CT molecular complexity index is 571. The highest BCUT2D eigenvalue weighted by atomic mass is 28.3. The van der Waals surface area contributed by atoms with Crippen LogP contribution in [-0.4, -0.2) is 65.8 Å². The number of nitrogens with zero attached hydrogens (tertiary/aromatic N) is 2. The molecule has 0 aromatic rings. The Balaban J connectivity index is 2.07. The molecule has 1 atom stereocenters. The highest BCUT2D eigenvalue weighted by molar-refractivity contribution is 6.78. The molecule has 2 saturated heterocycles. The van der Waals surface area contributed by atoms with E-state index in [2.05, 4.69) is 25.0 Å². The molecule has 7 nitrogen and oxygen atoms in total. The number of imide groups is 1. The lowest BCUT2D eigenvalue weighted by atomic mass is 9.87. The maximum Gasteiger partial charge on any atom is 0.410 e. The van der Waals surface area contributed by atoms with Crippen molar-refractivity contribution in [2.45, 2.75) is 77.0 Å². The van der Waals surface area contributed by atoms with E-state index in [-0.39, 0.29) is 23.7 Å². The summed E-state index contributed by atoms with van der Waals surface area (Å²) in [5, 5.41) is 2.91. The lowest BCUT2D eigenvalue weighted by molar-refractivity contribution is -0.133. The van der Waals surface area contributed by atoms with E-state index in [9.17, 15) is 14.4 Å². The predicted octanol–water partition coefficient (Wildman–Crippen LogP) is 2.57. The molecule has 0 bridgehead atoms. The monoisotopic (exact) mass is 369 g/mol. The Morgan fingerprint density at radius 2 is 1.72 bits per heavy atom. The van der Waals surface area contributed by atoms with Crippen molar-refractivity contribution < 1.29 is 19.1 Å². The van der Waals surface area contributed by atoms with Crippen LogP contribution >= 0.6 is 0 Å². The highest BCUT2D eigenvalue weighted by Gasteiger charge is 2.55. The van der Waals surface area contributed by atoms with Crippen LogP contribution in [0.2, 0.25) is 19.6 Å². The first kappa shape index (κ1) is 19.7. The highest BCUT2D eigenvalue weighted by Crippen LogP contribution is 2.32. The molecule has 2 aliphatic rings. The molecular weight excluding hydrogens is 338 g/mol. The van der Waals surface area contributed by atoms with Crippen LogP contribution in [-0.2, 0) is 9.53 Å². The minimum atomic E-state index is -1.69. The van der Waals surface area contributed by atoms with Crippen LogP contribution in [0.25, 0.3) is 0 Å². The van der Waals surface area contributed by atoms with Gasteiger partial charge in [-0.05, 0) is 40.5 Å². The summed E-state index contributed by atoms with van der Waals surface area (Å²) in [6, 6.07) is -0.300. The van der Waals surface area contributed by atoms with Crippen molar-refractivity contribution in [2.75, 3.05) is 13.1 Å². The first-order valence-electron chi connectivity index (χ1n) is 8.91. The fourth-order valence-corrected chi connectivity index (χ4v) is 4.13. The van der Waals surface area contributed by atoms with Crippen LogP contribution < -0.4 is 5.32 Å². The molecule has 25 heavy (non-hydrogen) atoms. The molecule has 0 saturated carbocycles. The van der Waals surface area contributed by atoms with Gasteiger partial charge in [-0.2, -0.15) is 0 Å². The predicted molar refractivity (Wildman–Crippen MR) is 98.0 cm³/mol. The summed E-state index contributed by atoms with van der Waals surface area (Å²) in [6.45, 7) is 14.7. The minimum Gasteiger partial charge on any atom is -0.444 e. The van der Waals surface area contributed by atoms with E-state index in [0.29, 0.717) is 25.9 Å². The maximum atomic E-state index is 13.0. The topological polar surface area (TPSA) is 79.0 Å². The summed E-state index contributed by atoms with van der Waals surface area (Å²) < 4.78 is 5.39. The molecule has 2 rings (SSSR count). The van der Waals surface area contributed by atoms with Gasteiger partial charge in [0.05, 0.1) is 8.07 Å². The summed E-state index contributed by atoms with van der Waals surface area (Å²) >= 11 is 0. The Kier molecular flexibility index (Phi) is 4.98. The third-order valence-corrected chi connectivity index (χ3v) is 7.87. The van der Waals surface area contributed by atoms with Gasteiger partial charge in [0.2, 0.25) is 0 Å². The van der Waals surface area contributed by atoms with Gasteiger partial charge in [-0.1, -0.05) is 19.6 Å². The van der Waals surface area contributed by atoms with Crippen LogP contribution in [0.15, 0.2) is 0 Å². The standard InChI is InChI=1S/C17H31N3O4Si/c1-12(25(5,6)7)20-13(21)17(18-14(20)22)8-10-19(11-9-17)15(23)24-16(2,3)4/h12H,8-11H2,1-7H3,(H,18,22). The van der Waals surface area contributed by atoms with Gasteiger partial charge >= 0.3 is 12.1 Å². The van der Waals surface area contributed by atoms with Crippen molar-refractivity contribution in [1.82, 2.24) is 15.1 Å². The summed E-state index contributed by atoms with van der Waals surface area (Å²) in [4.78, 5) is 40.7. The second-order valence-corrected chi connectivity index (χ2v) is 14.8. The molecule has 142 valence electrons. The molecule has 2 aliphatic heterocycles. The van der Waals surface area contributed by atoms with E-state index in [4.69, 9.17) is 4.74 Å². The number of hydrogen-bond donors (Lipinski definition) is 1. The van der Waals surface area contributed by atoms with E-state index < -0.39 is 19.2 Å². The number of carbonyl (C=O) groups excluding carboxylic acids is 3. The molecule has 4 amide bonds. The smallest absolute Gasteiger partial charge is 0.410 e. The lowest BCUT2D eigenvalue weighted by Crippen LogP contribution is -2.57. The fourth-order valence-electron chi connectivity index (χ4n) is 3.12. The minimum absolute atomic E-state index is 0.0664. The summed E-state index contributed by atoms with van der Waals surface area (Å²) in [5.74, 6) is -0.142. The van der Waals surface area contributed by atoms with Gasteiger partial charge in [0.1, 0.15) is 11.1 Å². The molecule has 0 radical (unpaired) electrons. The zero-order valence-corrected chi connectivity index (χ0v) is 17.4. The first-order valence-corrected chi connectivity index (χ1v) is 12.5. The number of amides is 4. The van der Waals surface area contributed by atoms with Gasteiger partial charge < -0.3 is 15.0 Å². The van der Waals surface area contributed by atoms with Crippen LogP contribution in [0, 0.1) is 0 Å². The second-order valence-electron chi connectivity index (χ2n) is 9.20. The van der Waals surface area contributed by atoms with Crippen LogP contribution in [0.5, 0.6) is 0 Å². The molecule has 0 aliphatic carbocycles. The quantitative estimate of drug-likeness (QED) is 0.599. The fraction of sp³-hybridized carbons (Fsp3) is 0.824. The third kappa shape index (κ3) is 3.99. The number of ether oxygens (including phenoxy) is 1. The second kappa shape index (κ2) is 6.30. The Morgan fingerprint density at radius 3 is 2.16 bits per heavy atom. The molecule has 8 heteroatoms. The third-order valence-electron chi connectivity index (χ3n) is 5.10. The van der Waals surface area contributed by atoms with Crippen LogP contribution in [0.1, 0.15) is 40.5 Å². The SMILES string of the molecule is CC(N1C(=O)NC2(CCN(C(=O)OC(C)(C)C)CC2)C1=O)[Si](C)(C)C. The Labute approximate surface area is 151 Å². The number of urea groups is 1. The molecular formula is C17H31N3O4Si. The van der Waals surface area contributed by atoms with Gasteiger partial charge in [0, 0.05) is 18.8 Å². The van der Waals surface area contributed by atoms with Crippen molar-refractivity contribution in [1.29, 1.82) is 0 Å². The summed E-state index contributed by atoms with van der Waals surface area (Å²) in [7, 11) is -1.69. The van der Waals surface area contributed by atoms with Gasteiger partial charge in [-0.15, -0.1) is 0 Å². The van der Waals surface area contributed by atoms with Crippen molar-refractivity contribution in [3.8, 4) is 0 Å². The molecule has 1 spiro atoms. The van der Waals surface area contributed by atoms with Crippen LogP contribution in [0.3, 0.4) is 0 Å². The summed E-state index contributed by atoms with van der Waals surface area (Å²) in [5.41, 5.74) is -1.49. The first-order chi connectivity index (χ1) is 11.3. The van der Waals surface area contributed by atoms with Crippen molar-refractivity contribution in [3.05, 3.63) is 0 Å². The van der Waals surface area contributed by atoms with Gasteiger partial charge in [-0.3, -0.25) is 9.69 Å². The van der Waals surface area contributed by atoms with E-state index >= 15 is 0 Å². The number of carbonyl (C=O) groups is 3. The van der Waals surface area contributed by atoms with E-state index in [1.54, 1.807) is 4.90 Å². The number of likely N-dealkylation sites (tertiary alicyclic amines) is 1. The molecule has 1 N–H and O–H groups in total. The molecule has 2 heterocycles. The maximum absolute atomic E-state index is 13.0. The van der Waals surface area contributed by atoms with E-state index in [1.165, 1.54) is 4.90 Å². The molecule has 0 aromatic carbocycles. The molecule has 0 aromatic heterocycles. The number of piperidine rings is 1. The van der Waals surface area contributed by atoms with Gasteiger partial charge in [0.15, 0.2) is 0 Å². The normalized spacial score (nSPS) is 22.2. The number of rotatable bonds is 2.